The monoisotopic (exact) mass is 348 g/mol. The number of benzene rings is 2. The van der Waals surface area contributed by atoms with Crippen LogP contribution in [0.4, 0.5) is 5.69 Å². The van der Waals surface area contributed by atoms with Gasteiger partial charge in [-0.15, -0.1) is 0 Å². The fourth-order valence-corrected chi connectivity index (χ4v) is 2.71. The second kappa shape index (κ2) is 5.77. The van der Waals surface area contributed by atoms with Gasteiger partial charge in [-0.2, -0.15) is 0 Å². The summed E-state index contributed by atoms with van der Waals surface area (Å²) in [5.41, 5.74) is 6.48. The largest absolute Gasteiger partial charge is 0.324 e. The summed E-state index contributed by atoms with van der Waals surface area (Å²) in [4.78, 5) is 37.5. The van der Waals surface area contributed by atoms with Crippen LogP contribution in [0.1, 0.15) is 31.1 Å². The minimum absolute atomic E-state index is 0.108. The first-order valence-corrected chi connectivity index (χ1v) is 7.40. The Hall–Kier alpha value is -2.21. The van der Waals surface area contributed by atoms with Crippen molar-refractivity contribution in [1.82, 2.24) is 0 Å². The molecule has 0 unspecified atom stereocenters. The van der Waals surface area contributed by atoms with Gasteiger partial charge in [-0.05, 0) is 36.4 Å². The number of hydrogen-bond acceptors (Lipinski definition) is 4. The quantitative estimate of drug-likeness (QED) is 0.682. The van der Waals surface area contributed by atoms with E-state index in [1.54, 1.807) is 0 Å². The summed E-state index contributed by atoms with van der Waals surface area (Å²) in [5.74, 6) is -1.19. The number of anilines is 1. The molecule has 2 aromatic rings. The summed E-state index contributed by atoms with van der Waals surface area (Å²) in [6.07, 6.45) is 0. The fraction of sp³-hybridized carbons (Fsp3) is 0.0625. The van der Waals surface area contributed by atoms with Crippen LogP contribution in [0.25, 0.3) is 0 Å². The van der Waals surface area contributed by atoms with Crippen molar-refractivity contribution in [2.75, 3.05) is 11.4 Å². The zero-order valence-electron chi connectivity index (χ0n) is 11.7. The van der Waals surface area contributed by atoms with Crippen LogP contribution in [0, 0.1) is 0 Å². The Morgan fingerprint density at radius 1 is 0.957 bits per heavy atom. The van der Waals surface area contributed by atoms with Gasteiger partial charge < -0.3 is 5.73 Å². The standard InChI is InChI=1S/C16H10Cl2N2O3/c17-12-5-10-11(6-13(12)18)16(23)20(15(10)22)9-3-1-8(2-4-9)14(21)7-19/h1-6H,7,19H2. The summed E-state index contributed by atoms with van der Waals surface area (Å²) in [6, 6.07) is 8.85. The van der Waals surface area contributed by atoms with Crippen molar-refractivity contribution in [3.05, 3.63) is 63.1 Å². The lowest BCUT2D eigenvalue weighted by molar-refractivity contribution is 0.0925. The molecular weight excluding hydrogens is 339 g/mol. The van der Waals surface area contributed by atoms with E-state index >= 15 is 0 Å². The lowest BCUT2D eigenvalue weighted by Gasteiger charge is -2.14. The molecule has 0 aromatic heterocycles. The highest BCUT2D eigenvalue weighted by atomic mass is 35.5. The van der Waals surface area contributed by atoms with Crippen molar-refractivity contribution in [2.24, 2.45) is 5.73 Å². The summed E-state index contributed by atoms with van der Waals surface area (Å²) in [7, 11) is 0. The molecular formula is C16H10Cl2N2O3. The smallest absolute Gasteiger partial charge is 0.266 e. The first-order chi connectivity index (χ1) is 10.9. The predicted octanol–water partition coefficient (Wildman–Crippen LogP) is 2.94. The molecule has 0 saturated heterocycles. The van der Waals surface area contributed by atoms with Crippen LogP contribution in [0.5, 0.6) is 0 Å². The average Bonchev–Trinajstić information content (AvgIpc) is 2.78. The highest BCUT2D eigenvalue weighted by molar-refractivity contribution is 6.44. The Bertz CT molecular complexity index is 806. The van der Waals surface area contributed by atoms with Gasteiger partial charge in [0.1, 0.15) is 0 Å². The second-order valence-corrected chi connectivity index (χ2v) is 5.75. The van der Waals surface area contributed by atoms with Crippen molar-refractivity contribution in [3.8, 4) is 0 Å². The van der Waals surface area contributed by atoms with Crippen molar-refractivity contribution >= 4 is 46.5 Å². The maximum atomic E-state index is 12.5. The fourth-order valence-electron chi connectivity index (χ4n) is 2.38. The first-order valence-electron chi connectivity index (χ1n) is 6.65. The summed E-state index contributed by atoms with van der Waals surface area (Å²) >= 11 is 11.8. The summed E-state index contributed by atoms with van der Waals surface area (Å²) < 4.78 is 0. The zero-order chi connectivity index (χ0) is 16.7. The molecule has 2 aromatic carbocycles. The van der Waals surface area contributed by atoms with E-state index in [9.17, 15) is 14.4 Å². The number of rotatable bonds is 3. The molecule has 0 atom stereocenters. The van der Waals surface area contributed by atoms with E-state index in [1.807, 2.05) is 0 Å². The SMILES string of the molecule is NCC(=O)c1ccc(N2C(=O)c3cc(Cl)c(Cl)cc3C2=O)cc1. The third-order valence-corrected chi connectivity index (χ3v) is 4.28. The van der Waals surface area contributed by atoms with E-state index < -0.39 is 11.8 Å². The van der Waals surface area contributed by atoms with Crippen LogP contribution in [-0.4, -0.2) is 24.1 Å². The number of imide groups is 1. The Kier molecular flexibility index (Phi) is 3.93. The van der Waals surface area contributed by atoms with Crippen LogP contribution in [0.15, 0.2) is 36.4 Å². The number of Topliss-reactive ketones (excluding diaryl/α,β-unsaturated/α-hetero) is 1. The Morgan fingerprint density at radius 2 is 1.43 bits per heavy atom. The average molecular weight is 349 g/mol. The lowest BCUT2D eigenvalue weighted by atomic mass is 10.1. The molecule has 5 nitrogen and oxygen atoms in total. The molecule has 1 heterocycles. The molecule has 0 aliphatic carbocycles. The maximum Gasteiger partial charge on any atom is 0.266 e. The number of carbonyl (C=O) groups excluding carboxylic acids is 3. The van der Waals surface area contributed by atoms with Gasteiger partial charge in [0.25, 0.3) is 11.8 Å². The van der Waals surface area contributed by atoms with Gasteiger partial charge in [0.2, 0.25) is 0 Å². The molecule has 0 bridgehead atoms. The van der Waals surface area contributed by atoms with Gasteiger partial charge in [-0.25, -0.2) is 4.90 Å². The molecule has 0 fully saturated rings. The van der Waals surface area contributed by atoms with E-state index in [1.165, 1.54) is 36.4 Å². The van der Waals surface area contributed by atoms with Crippen molar-refractivity contribution < 1.29 is 14.4 Å². The lowest BCUT2D eigenvalue weighted by Crippen LogP contribution is -2.29. The highest BCUT2D eigenvalue weighted by Crippen LogP contribution is 2.33. The predicted molar refractivity (Wildman–Crippen MR) is 87.4 cm³/mol. The van der Waals surface area contributed by atoms with Gasteiger partial charge >= 0.3 is 0 Å². The van der Waals surface area contributed by atoms with Gasteiger partial charge in [-0.3, -0.25) is 14.4 Å². The number of nitrogens with zero attached hydrogens (tertiary/aromatic N) is 1. The Morgan fingerprint density at radius 3 is 1.87 bits per heavy atom. The third kappa shape index (κ3) is 2.53. The molecule has 1 aliphatic heterocycles. The third-order valence-electron chi connectivity index (χ3n) is 3.56. The van der Waals surface area contributed by atoms with E-state index in [4.69, 9.17) is 28.9 Å². The minimum Gasteiger partial charge on any atom is -0.324 e. The van der Waals surface area contributed by atoms with Crippen LogP contribution in [0.2, 0.25) is 10.0 Å². The van der Waals surface area contributed by atoms with Gasteiger partial charge in [0, 0.05) is 5.56 Å². The second-order valence-electron chi connectivity index (χ2n) is 4.93. The van der Waals surface area contributed by atoms with Crippen molar-refractivity contribution in [3.63, 3.8) is 0 Å². The maximum absolute atomic E-state index is 12.5. The molecule has 2 N–H and O–H groups in total. The number of fused-ring (bicyclic) bond motifs is 1. The number of hydrogen-bond donors (Lipinski definition) is 1. The molecule has 7 heteroatoms. The van der Waals surface area contributed by atoms with Gasteiger partial charge in [0.15, 0.2) is 5.78 Å². The van der Waals surface area contributed by atoms with Gasteiger partial charge in [0.05, 0.1) is 33.4 Å². The van der Waals surface area contributed by atoms with Crippen LogP contribution < -0.4 is 10.6 Å². The van der Waals surface area contributed by atoms with Crippen molar-refractivity contribution in [1.29, 1.82) is 0 Å². The molecule has 116 valence electrons. The number of ketones is 1. The van der Waals surface area contributed by atoms with Gasteiger partial charge in [-0.1, -0.05) is 23.2 Å². The number of halogens is 2. The molecule has 0 radical (unpaired) electrons. The molecule has 1 aliphatic rings. The Labute approximate surface area is 141 Å². The Balaban J connectivity index is 2.01. The molecule has 3 rings (SSSR count). The van der Waals surface area contributed by atoms with Crippen molar-refractivity contribution in [2.45, 2.75) is 0 Å². The molecule has 0 saturated carbocycles. The summed E-state index contributed by atoms with van der Waals surface area (Å²) in [5, 5.41) is 0.412. The molecule has 2 amide bonds. The van der Waals surface area contributed by atoms with E-state index in [0.717, 1.165) is 4.90 Å². The number of nitrogens with two attached hydrogens (primary N) is 1. The number of carbonyl (C=O) groups is 3. The van der Waals surface area contributed by atoms with E-state index in [0.29, 0.717) is 11.3 Å². The molecule has 0 spiro atoms. The van der Waals surface area contributed by atoms with E-state index in [2.05, 4.69) is 0 Å². The molecule has 23 heavy (non-hydrogen) atoms. The minimum atomic E-state index is -0.485. The van der Waals surface area contributed by atoms with E-state index in [-0.39, 0.29) is 33.5 Å². The topological polar surface area (TPSA) is 80.5 Å². The first kappa shape index (κ1) is 15.7. The van der Waals surface area contributed by atoms with Crippen LogP contribution in [0.3, 0.4) is 0 Å². The summed E-state index contributed by atoms with van der Waals surface area (Å²) in [6.45, 7) is -0.108. The normalized spacial score (nSPS) is 13.4. The number of amides is 2. The van der Waals surface area contributed by atoms with Crippen LogP contribution >= 0.6 is 23.2 Å². The highest BCUT2D eigenvalue weighted by Gasteiger charge is 2.37. The zero-order valence-corrected chi connectivity index (χ0v) is 13.2. The van der Waals surface area contributed by atoms with Crippen LogP contribution in [-0.2, 0) is 0 Å².